The standard InChI is InChI=1S/C10H16S/c1-4-5-7-10(2)8-6-9-11-3/h5-9H,4H2,1-3H3/b7-5-,9-6+,10-8-. The lowest BCUT2D eigenvalue weighted by Crippen LogP contribution is -1.64. The molecule has 11 heavy (non-hydrogen) atoms. The van der Waals surface area contributed by atoms with Crippen LogP contribution in [0, 0.1) is 0 Å². The van der Waals surface area contributed by atoms with E-state index >= 15 is 0 Å². The minimum atomic E-state index is 1.11. The Morgan fingerprint density at radius 1 is 1.45 bits per heavy atom. The highest BCUT2D eigenvalue weighted by atomic mass is 32.2. The molecule has 1 heteroatoms. The van der Waals surface area contributed by atoms with Crippen LogP contribution in [0.3, 0.4) is 0 Å². The van der Waals surface area contributed by atoms with Crippen molar-refractivity contribution in [2.75, 3.05) is 6.26 Å². The van der Waals surface area contributed by atoms with Gasteiger partial charge in [-0.2, -0.15) is 0 Å². The highest BCUT2D eigenvalue weighted by molar-refractivity contribution is 8.01. The largest absolute Gasteiger partial charge is 0.138 e. The summed E-state index contributed by atoms with van der Waals surface area (Å²) in [6, 6.07) is 0. The molecule has 0 atom stereocenters. The van der Waals surface area contributed by atoms with Crippen molar-refractivity contribution in [1.82, 2.24) is 0 Å². The maximum atomic E-state index is 2.17. The summed E-state index contributed by atoms with van der Waals surface area (Å²) in [4.78, 5) is 0. The summed E-state index contributed by atoms with van der Waals surface area (Å²) in [6.07, 6.45) is 11.7. The first-order valence-corrected chi connectivity index (χ1v) is 5.12. The third-order valence-electron chi connectivity index (χ3n) is 1.19. The van der Waals surface area contributed by atoms with Crippen LogP contribution in [0.5, 0.6) is 0 Å². The van der Waals surface area contributed by atoms with Gasteiger partial charge in [0.2, 0.25) is 0 Å². The Morgan fingerprint density at radius 2 is 2.18 bits per heavy atom. The summed E-state index contributed by atoms with van der Waals surface area (Å²) >= 11 is 1.72. The van der Waals surface area contributed by atoms with Crippen molar-refractivity contribution in [3.63, 3.8) is 0 Å². The molecule has 62 valence electrons. The van der Waals surface area contributed by atoms with Crippen LogP contribution in [0.2, 0.25) is 0 Å². The SMILES string of the molecule is CC\C=C/C(C)=C\C=C\SC. The van der Waals surface area contributed by atoms with Crippen LogP contribution in [-0.4, -0.2) is 6.26 Å². The second-order valence-corrected chi connectivity index (χ2v) is 3.03. The van der Waals surface area contributed by atoms with Crippen LogP contribution in [0.4, 0.5) is 0 Å². The topological polar surface area (TPSA) is 0 Å². The molecule has 0 spiro atoms. The second-order valence-electron chi connectivity index (χ2n) is 2.29. The normalized spacial score (nSPS) is 13.5. The summed E-state index contributed by atoms with van der Waals surface area (Å²) in [5.74, 6) is 0. The molecule has 0 nitrogen and oxygen atoms in total. The summed E-state index contributed by atoms with van der Waals surface area (Å²) < 4.78 is 0. The third kappa shape index (κ3) is 7.47. The van der Waals surface area contributed by atoms with E-state index in [4.69, 9.17) is 0 Å². The molecule has 0 bridgehead atoms. The average molecular weight is 168 g/mol. The Balaban J connectivity index is 3.80. The van der Waals surface area contributed by atoms with Gasteiger partial charge in [0.25, 0.3) is 0 Å². The smallest absolute Gasteiger partial charge is 0.0142 e. The molecule has 0 radical (unpaired) electrons. The summed E-state index contributed by atoms with van der Waals surface area (Å²) in [7, 11) is 0. The minimum absolute atomic E-state index is 1.11. The van der Waals surface area contributed by atoms with Crippen LogP contribution in [0.15, 0.2) is 35.3 Å². The maximum absolute atomic E-state index is 2.17. The molecule has 0 aliphatic carbocycles. The molecule has 0 unspecified atom stereocenters. The average Bonchev–Trinajstić information content (AvgIpc) is 2.01. The summed E-state index contributed by atoms with van der Waals surface area (Å²) in [5, 5.41) is 2.07. The van der Waals surface area contributed by atoms with E-state index in [0.29, 0.717) is 0 Å². The molecule has 0 aromatic carbocycles. The van der Waals surface area contributed by atoms with Gasteiger partial charge in [-0.1, -0.05) is 36.8 Å². The Labute approximate surface area is 74.1 Å². The van der Waals surface area contributed by atoms with Crippen LogP contribution in [0.25, 0.3) is 0 Å². The van der Waals surface area contributed by atoms with Gasteiger partial charge in [0, 0.05) is 0 Å². The lowest BCUT2D eigenvalue weighted by Gasteiger charge is -1.86. The predicted molar refractivity (Wildman–Crippen MR) is 55.8 cm³/mol. The number of hydrogen-bond acceptors (Lipinski definition) is 1. The molecule has 0 aromatic heterocycles. The van der Waals surface area contributed by atoms with Crippen molar-refractivity contribution in [2.24, 2.45) is 0 Å². The van der Waals surface area contributed by atoms with Gasteiger partial charge >= 0.3 is 0 Å². The molecule has 0 saturated carbocycles. The van der Waals surface area contributed by atoms with Gasteiger partial charge in [-0.25, -0.2) is 0 Å². The third-order valence-corrected chi connectivity index (χ3v) is 1.62. The zero-order valence-electron chi connectivity index (χ0n) is 7.50. The monoisotopic (exact) mass is 168 g/mol. The van der Waals surface area contributed by atoms with E-state index in [2.05, 4.69) is 49.8 Å². The van der Waals surface area contributed by atoms with E-state index in [1.54, 1.807) is 11.8 Å². The summed E-state index contributed by atoms with van der Waals surface area (Å²) in [6.45, 7) is 4.25. The Morgan fingerprint density at radius 3 is 2.73 bits per heavy atom. The van der Waals surface area contributed by atoms with Crippen LogP contribution < -0.4 is 0 Å². The van der Waals surface area contributed by atoms with Gasteiger partial charge in [0.15, 0.2) is 0 Å². The Kier molecular flexibility index (Phi) is 7.37. The molecule has 0 fully saturated rings. The predicted octanol–water partition coefficient (Wildman–Crippen LogP) is 3.78. The van der Waals surface area contributed by atoms with E-state index in [1.807, 2.05) is 0 Å². The van der Waals surface area contributed by atoms with Crippen LogP contribution in [0.1, 0.15) is 20.3 Å². The first-order valence-electron chi connectivity index (χ1n) is 3.84. The Hall–Kier alpha value is -0.430. The van der Waals surface area contributed by atoms with Crippen molar-refractivity contribution in [3.05, 3.63) is 35.3 Å². The van der Waals surface area contributed by atoms with E-state index < -0.39 is 0 Å². The number of hydrogen-bond donors (Lipinski definition) is 0. The van der Waals surface area contributed by atoms with Crippen molar-refractivity contribution < 1.29 is 0 Å². The molecule has 0 N–H and O–H groups in total. The molecule has 0 rings (SSSR count). The number of rotatable bonds is 4. The van der Waals surface area contributed by atoms with Crippen molar-refractivity contribution in [3.8, 4) is 0 Å². The van der Waals surface area contributed by atoms with Crippen molar-refractivity contribution in [1.29, 1.82) is 0 Å². The van der Waals surface area contributed by atoms with Gasteiger partial charge in [0.1, 0.15) is 0 Å². The van der Waals surface area contributed by atoms with Gasteiger partial charge in [-0.05, 0) is 25.0 Å². The maximum Gasteiger partial charge on any atom is -0.0142 e. The minimum Gasteiger partial charge on any atom is -0.138 e. The van der Waals surface area contributed by atoms with E-state index in [0.717, 1.165) is 6.42 Å². The number of allylic oxidation sites excluding steroid dienone is 5. The molecule has 0 saturated heterocycles. The molecule has 0 heterocycles. The van der Waals surface area contributed by atoms with Crippen molar-refractivity contribution >= 4 is 11.8 Å². The zero-order chi connectivity index (χ0) is 8.53. The fourth-order valence-electron chi connectivity index (χ4n) is 0.629. The van der Waals surface area contributed by atoms with Crippen LogP contribution in [-0.2, 0) is 0 Å². The van der Waals surface area contributed by atoms with E-state index in [9.17, 15) is 0 Å². The van der Waals surface area contributed by atoms with E-state index in [-0.39, 0.29) is 0 Å². The summed E-state index contributed by atoms with van der Waals surface area (Å²) in [5.41, 5.74) is 1.30. The lowest BCUT2D eigenvalue weighted by molar-refractivity contribution is 1.22. The highest BCUT2D eigenvalue weighted by Gasteiger charge is 1.75. The first-order chi connectivity index (χ1) is 5.31. The van der Waals surface area contributed by atoms with E-state index in [1.165, 1.54) is 5.57 Å². The number of thioether (sulfide) groups is 1. The quantitative estimate of drug-likeness (QED) is 0.576. The second kappa shape index (κ2) is 7.67. The van der Waals surface area contributed by atoms with Crippen molar-refractivity contribution in [2.45, 2.75) is 20.3 Å². The zero-order valence-corrected chi connectivity index (χ0v) is 8.32. The lowest BCUT2D eigenvalue weighted by atomic mass is 10.2. The Bertz CT molecular complexity index is 164. The fraction of sp³-hybridized carbons (Fsp3) is 0.400. The first kappa shape index (κ1) is 10.6. The highest BCUT2D eigenvalue weighted by Crippen LogP contribution is 1.99. The van der Waals surface area contributed by atoms with Crippen LogP contribution >= 0.6 is 11.8 Å². The van der Waals surface area contributed by atoms with Gasteiger partial charge in [0.05, 0.1) is 0 Å². The fourth-order valence-corrected chi connectivity index (χ4v) is 0.865. The molecule has 0 aromatic rings. The molecule has 0 aliphatic heterocycles. The van der Waals surface area contributed by atoms with Gasteiger partial charge in [-0.15, -0.1) is 11.8 Å². The van der Waals surface area contributed by atoms with Gasteiger partial charge < -0.3 is 0 Å². The molecule has 0 aliphatic rings. The van der Waals surface area contributed by atoms with Gasteiger partial charge in [-0.3, -0.25) is 0 Å². The molecular weight excluding hydrogens is 152 g/mol. The molecule has 0 amide bonds. The molecular formula is C10H16S.